The molecule has 2 aromatic carbocycles. The van der Waals surface area contributed by atoms with E-state index >= 15 is 0 Å². The van der Waals surface area contributed by atoms with Gasteiger partial charge in [0.1, 0.15) is 0 Å². The van der Waals surface area contributed by atoms with Gasteiger partial charge in [-0.25, -0.2) is 4.79 Å². The molecule has 8 rings (SSSR count). The zero-order valence-corrected chi connectivity index (χ0v) is 17.4. The molecule has 30 heavy (non-hydrogen) atoms. The Kier molecular flexibility index (Phi) is 3.41. The van der Waals surface area contributed by atoms with Crippen molar-refractivity contribution in [3.05, 3.63) is 93.7 Å². The molecule has 0 saturated carbocycles. The van der Waals surface area contributed by atoms with Gasteiger partial charge in [0, 0.05) is 9.75 Å². The number of carbonyl (C=O) groups excluding carboxylic acids is 1. The smallest absolute Gasteiger partial charge is 0.426 e. The van der Waals surface area contributed by atoms with Gasteiger partial charge in [0.05, 0.1) is 11.8 Å². The number of carbonyl (C=O) groups is 1. The van der Waals surface area contributed by atoms with Crippen molar-refractivity contribution >= 4 is 28.8 Å². The Morgan fingerprint density at radius 3 is 1.57 bits per heavy atom. The summed E-state index contributed by atoms with van der Waals surface area (Å²) in [5, 5.41) is 4.20. The summed E-state index contributed by atoms with van der Waals surface area (Å²) in [5.41, 5.74) is 7.49. The molecule has 4 unspecified atom stereocenters. The maximum absolute atomic E-state index is 12.1. The van der Waals surface area contributed by atoms with Crippen molar-refractivity contribution in [1.29, 1.82) is 0 Å². The molecule has 4 aliphatic rings. The van der Waals surface area contributed by atoms with Gasteiger partial charge in [-0.05, 0) is 68.4 Å². The third-order valence-corrected chi connectivity index (χ3v) is 8.41. The fourth-order valence-corrected chi connectivity index (χ4v) is 6.84. The van der Waals surface area contributed by atoms with Gasteiger partial charge in [-0.1, -0.05) is 36.4 Å². The average molecular weight is 429 g/mol. The Morgan fingerprint density at radius 1 is 0.633 bits per heavy atom. The van der Waals surface area contributed by atoms with Gasteiger partial charge < -0.3 is 9.47 Å². The number of ether oxygens (including phenoxy) is 2. The summed E-state index contributed by atoms with van der Waals surface area (Å²) >= 11 is 3.49. The van der Waals surface area contributed by atoms with Crippen molar-refractivity contribution in [3.63, 3.8) is 0 Å². The molecule has 2 bridgehead atoms. The third kappa shape index (κ3) is 2.22. The Morgan fingerprint density at radius 2 is 1.13 bits per heavy atom. The maximum Gasteiger partial charge on any atom is 0.509 e. The van der Waals surface area contributed by atoms with E-state index in [1.807, 2.05) is 0 Å². The maximum atomic E-state index is 12.1. The number of hydrogen-bond donors (Lipinski definition) is 0. The minimum Gasteiger partial charge on any atom is -0.426 e. The van der Waals surface area contributed by atoms with Crippen LogP contribution in [0.2, 0.25) is 0 Å². The summed E-state index contributed by atoms with van der Waals surface area (Å²) in [4.78, 5) is 14.6. The summed E-state index contributed by atoms with van der Waals surface area (Å²) in [5.74, 6) is 0.0162. The first-order chi connectivity index (χ1) is 14.8. The van der Waals surface area contributed by atoms with Crippen LogP contribution in [0.25, 0.3) is 20.9 Å². The quantitative estimate of drug-likeness (QED) is 0.336. The standard InChI is InChI=1S/C25H16O3S2/c26-25-27-23-21-16-8-6-14(20-4-2-10-30-20)12-18(16)22(24(23)28-25)15-7-5-13(11-17(15)21)19-3-1-9-29-19/h1-12,21-24H. The van der Waals surface area contributed by atoms with E-state index in [-0.39, 0.29) is 24.0 Å². The highest BCUT2D eigenvalue weighted by Gasteiger charge is 2.57. The van der Waals surface area contributed by atoms with E-state index in [0.29, 0.717) is 0 Å². The molecule has 0 amide bonds. The van der Waals surface area contributed by atoms with Crippen molar-refractivity contribution in [2.45, 2.75) is 24.0 Å². The SMILES string of the molecule is O=C1OC2C3c4ccc(-c5cccs5)cc4C(c4ccc(-c5cccs5)cc43)C2O1. The lowest BCUT2D eigenvalue weighted by Gasteiger charge is -2.45. The van der Waals surface area contributed by atoms with Gasteiger partial charge in [-0.2, -0.15) is 0 Å². The van der Waals surface area contributed by atoms with Crippen LogP contribution in [-0.4, -0.2) is 18.4 Å². The molecule has 0 radical (unpaired) electrons. The Bertz CT molecular complexity index is 1190. The molecular formula is C25H16O3S2. The minimum absolute atomic E-state index is 0.00810. The zero-order valence-electron chi connectivity index (χ0n) is 15.8. The lowest BCUT2D eigenvalue weighted by atomic mass is 9.60. The molecular weight excluding hydrogens is 412 g/mol. The lowest BCUT2D eigenvalue weighted by Crippen LogP contribution is -2.45. The summed E-state index contributed by atoms with van der Waals surface area (Å²) in [6.45, 7) is 0. The van der Waals surface area contributed by atoms with Crippen molar-refractivity contribution in [1.82, 2.24) is 0 Å². The van der Waals surface area contributed by atoms with E-state index in [9.17, 15) is 4.79 Å². The predicted molar refractivity (Wildman–Crippen MR) is 118 cm³/mol. The summed E-state index contributed by atoms with van der Waals surface area (Å²) in [6.07, 6.45) is -1.06. The van der Waals surface area contributed by atoms with E-state index in [1.165, 1.54) is 43.1 Å². The minimum atomic E-state index is -0.544. The van der Waals surface area contributed by atoms with Crippen LogP contribution in [0.15, 0.2) is 71.4 Å². The van der Waals surface area contributed by atoms with Crippen LogP contribution in [-0.2, 0) is 9.47 Å². The number of benzene rings is 2. The normalized spacial score (nSPS) is 25.3. The Labute approximate surface area is 181 Å². The van der Waals surface area contributed by atoms with E-state index < -0.39 is 6.16 Å². The molecule has 1 fully saturated rings. The van der Waals surface area contributed by atoms with Crippen LogP contribution < -0.4 is 0 Å². The molecule has 0 spiro atoms. The van der Waals surface area contributed by atoms with Gasteiger partial charge in [0.25, 0.3) is 0 Å². The highest BCUT2D eigenvalue weighted by Crippen LogP contribution is 2.57. The first kappa shape index (κ1) is 16.9. The van der Waals surface area contributed by atoms with Gasteiger partial charge in [-0.3, -0.25) is 0 Å². The van der Waals surface area contributed by atoms with Crippen molar-refractivity contribution in [2.75, 3.05) is 0 Å². The first-order valence-electron chi connectivity index (χ1n) is 10.0. The third-order valence-electron chi connectivity index (χ3n) is 6.57. The summed E-state index contributed by atoms with van der Waals surface area (Å²) in [6, 6.07) is 21.9. The van der Waals surface area contributed by atoms with E-state index in [1.54, 1.807) is 22.7 Å². The summed E-state index contributed by atoms with van der Waals surface area (Å²) in [7, 11) is 0. The van der Waals surface area contributed by atoms with Gasteiger partial charge in [0.2, 0.25) is 0 Å². The summed E-state index contributed by atoms with van der Waals surface area (Å²) < 4.78 is 11.4. The number of rotatable bonds is 2. The zero-order chi connectivity index (χ0) is 19.8. The van der Waals surface area contributed by atoms with Crippen molar-refractivity contribution in [3.8, 4) is 20.9 Å². The van der Waals surface area contributed by atoms with Crippen LogP contribution >= 0.6 is 22.7 Å². The number of thiophene rings is 2. The van der Waals surface area contributed by atoms with Crippen LogP contribution in [0, 0.1) is 0 Å². The molecule has 4 aromatic rings. The van der Waals surface area contributed by atoms with Gasteiger partial charge >= 0.3 is 6.16 Å². The second-order valence-electron chi connectivity index (χ2n) is 8.01. The second kappa shape index (κ2) is 6.06. The van der Waals surface area contributed by atoms with E-state index in [0.717, 1.165) is 0 Å². The fraction of sp³-hybridized carbons (Fsp3) is 0.160. The van der Waals surface area contributed by atoms with E-state index in [4.69, 9.17) is 9.47 Å². The molecule has 146 valence electrons. The Hall–Kier alpha value is -2.89. The van der Waals surface area contributed by atoms with Crippen LogP contribution in [0.4, 0.5) is 4.79 Å². The molecule has 3 nitrogen and oxygen atoms in total. The van der Waals surface area contributed by atoms with Gasteiger partial charge in [-0.15, -0.1) is 22.7 Å². The molecule has 3 aliphatic carbocycles. The molecule has 5 heteroatoms. The molecule has 1 aliphatic heterocycles. The molecule has 4 atom stereocenters. The van der Waals surface area contributed by atoms with Gasteiger partial charge in [0.15, 0.2) is 12.2 Å². The average Bonchev–Trinajstić information content (AvgIpc) is 3.53. The molecule has 0 N–H and O–H groups in total. The van der Waals surface area contributed by atoms with Crippen LogP contribution in [0.1, 0.15) is 34.1 Å². The van der Waals surface area contributed by atoms with Crippen LogP contribution in [0.3, 0.4) is 0 Å². The second-order valence-corrected chi connectivity index (χ2v) is 9.91. The number of hydrogen-bond acceptors (Lipinski definition) is 5. The molecule has 1 saturated heterocycles. The largest absolute Gasteiger partial charge is 0.509 e. The first-order valence-corrected chi connectivity index (χ1v) is 11.8. The lowest BCUT2D eigenvalue weighted by molar-refractivity contribution is 0.103. The van der Waals surface area contributed by atoms with E-state index in [2.05, 4.69) is 71.4 Å². The van der Waals surface area contributed by atoms with Crippen molar-refractivity contribution in [2.24, 2.45) is 0 Å². The van der Waals surface area contributed by atoms with Crippen molar-refractivity contribution < 1.29 is 14.3 Å². The fourth-order valence-electron chi connectivity index (χ4n) is 5.39. The Balaban J connectivity index is 1.44. The molecule has 3 heterocycles. The monoisotopic (exact) mass is 428 g/mol. The predicted octanol–water partition coefficient (Wildman–Crippen LogP) is 6.64. The highest BCUT2D eigenvalue weighted by atomic mass is 32.1. The molecule has 2 aromatic heterocycles. The highest BCUT2D eigenvalue weighted by molar-refractivity contribution is 7.13. The van der Waals surface area contributed by atoms with Crippen LogP contribution in [0.5, 0.6) is 0 Å². The topological polar surface area (TPSA) is 35.5 Å².